The number of ether oxygens (including phenoxy) is 3. The van der Waals surface area contributed by atoms with Gasteiger partial charge in [0.2, 0.25) is 0 Å². The van der Waals surface area contributed by atoms with Crippen LogP contribution in [0.25, 0.3) is 0 Å². The summed E-state index contributed by atoms with van der Waals surface area (Å²) in [5, 5.41) is 3.97. The molecule has 0 aromatic heterocycles. The van der Waals surface area contributed by atoms with Gasteiger partial charge in [0, 0.05) is 6.07 Å². The predicted octanol–water partition coefficient (Wildman–Crippen LogP) is 3.67. The van der Waals surface area contributed by atoms with Crippen LogP contribution in [0, 0.1) is 13.8 Å². The summed E-state index contributed by atoms with van der Waals surface area (Å²) in [7, 11) is 0.279. The van der Waals surface area contributed by atoms with Crippen molar-refractivity contribution in [2.24, 2.45) is 5.10 Å². The summed E-state index contributed by atoms with van der Waals surface area (Å²) in [4.78, 5) is 12.8. The largest absolute Gasteiger partial charge is 0.497 e. The molecule has 0 spiro atoms. The van der Waals surface area contributed by atoms with Crippen LogP contribution >= 0.6 is 0 Å². The maximum Gasteiger partial charge on any atom is 0.264 e. The zero-order valence-corrected chi connectivity index (χ0v) is 21.6. The number of nitrogens with zero attached hydrogens (tertiary/aromatic N) is 2. The van der Waals surface area contributed by atoms with Crippen LogP contribution in [0.4, 0.5) is 5.69 Å². The van der Waals surface area contributed by atoms with Crippen LogP contribution in [0.1, 0.15) is 16.7 Å². The van der Waals surface area contributed by atoms with Crippen molar-refractivity contribution in [2.75, 3.05) is 32.2 Å². The third-order valence-corrected chi connectivity index (χ3v) is 6.99. The minimum Gasteiger partial charge on any atom is -0.497 e. The zero-order chi connectivity index (χ0) is 26.3. The topological polar surface area (TPSA) is 107 Å². The van der Waals surface area contributed by atoms with Crippen molar-refractivity contribution in [1.82, 2.24) is 5.43 Å². The van der Waals surface area contributed by atoms with Gasteiger partial charge in [0.15, 0.2) is 11.5 Å². The molecule has 36 heavy (non-hydrogen) atoms. The highest BCUT2D eigenvalue weighted by molar-refractivity contribution is 7.92. The predicted molar refractivity (Wildman–Crippen MR) is 139 cm³/mol. The van der Waals surface area contributed by atoms with E-state index in [4.69, 9.17) is 14.2 Å². The number of hydrogen-bond donors (Lipinski definition) is 1. The maximum atomic E-state index is 13.7. The molecule has 10 heteroatoms. The Balaban J connectivity index is 1.92. The highest BCUT2D eigenvalue weighted by Gasteiger charge is 2.28. The lowest BCUT2D eigenvalue weighted by Gasteiger charge is -2.25. The van der Waals surface area contributed by atoms with Crippen molar-refractivity contribution >= 4 is 27.8 Å². The Hall–Kier alpha value is -4.05. The van der Waals surface area contributed by atoms with Crippen LogP contribution in [0.3, 0.4) is 0 Å². The molecule has 0 radical (unpaired) electrons. The normalized spacial score (nSPS) is 11.2. The molecule has 0 aliphatic rings. The number of hydrogen-bond acceptors (Lipinski definition) is 7. The van der Waals surface area contributed by atoms with Crippen LogP contribution < -0.4 is 23.9 Å². The second kappa shape index (κ2) is 11.6. The summed E-state index contributed by atoms with van der Waals surface area (Å²) in [6.07, 6.45) is 1.45. The lowest BCUT2D eigenvalue weighted by Crippen LogP contribution is -2.39. The smallest absolute Gasteiger partial charge is 0.264 e. The molecule has 0 atom stereocenters. The average molecular weight is 512 g/mol. The van der Waals surface area contributed by atoms with E-state index in [-0.39, 0.29) is 10.6 Å². The second-order valence-electron chi connectivity index (χ2n) is 7.94. The van der Waals surface area contributed by atoms with Gasteiger partial charge in [-0.3, -0.25) is 9.10 Å². The Morgan fingerprint density at radius 2 is 1.61 bits per heavy atom. The molecule has 1 N–H and O–H groups in total. The van der Waals surface area contributed by atoms with Crippen molar-refractivity contribution in [1.29, 1.82) is 0 Å². The molecule has 0 saturated carbocycles. The van der Waals surface area contributed by atoms with E-state index in [2.05, 4.69) is 10.5 Å². The van der Waals surface area contributed by atoms with Gasteiger partial charge in [-0.15, -0.1) is 0 Å². The highest BCUT2D eigenvalue weighted by Crippen LogP contribution is 2.32. The minimum absolute atomic E-state index is 0.0491. The Kier molecular flexibility index (Phi) is 8.55. The molecule has 0 saturated heterocycles. The van der Waals surface area contributed by atoms with Crippen LogP contribution in [0.2, 0.25) is 0 Å². The van der Waals surface area contributed by atoms with E-state index in [1.807, 2.05) is 19.9 Å². The van der Waals surface area contributed by atoms with E-state index in [1.54, 1.807) is 43.5 Å². The number of benzene rings is 3. The molecular weight excluding hydrogens is 482 g/mol. The fraction of sp³-hybridized carbons (Fsp3) is 0.231. The number of methoxy groups -OCH3 is 3. The van der Waals surface area contributed by atoms with Gasteiger partial charge in [-0.25, -0.2) is 13.8 Å². The Morgan fingerprint density at radius 3 is 2.25 bits per heavy atom. The fourth-order valence-corrected chi connectivity index (χ4v) is 5.00. The molecule has 9 nitrogen and oxygen atoms in total. The lowest BCUT2D eigenvalue weighted by atomic mass is 10.1. The molecule has 0 aliphatic carbocycles. The van der Waals surface area contributed by atoms with Crippen molar-refractivity contribution in [3.05, 3.63) is 77.4 Å². The number of nitrogens with one attached hydrogen (secondary N) is 1. The summed E-state index contributed by atoms with van der Waals surface area (Å²) in [6, 6.07) is 16.7. The Bertz CT molecular complexity index is 1350. The van der Waals surface area contributed by atoms with Gasteiger partial charge in [-0.1, -0.05) is 18.2 Å². The van der Waals surface area contributed by atoms with Gasteiger partial charge >= 0.3 is 0 Å². The summed E-state index contributed by atoms with van der Waals surface area (Å²) in [5.41, 5.74) is 5.18. The maximum absolute atomic E-state index is 13.7. The average Bonchev–Trinajstić information content (AvgIpc) is 2.86. The van der Waals surface area contributed by atoms with Gasteiger partial charge < -0.3 is 14.2 Å². The van der Waals surface area contributed by atoms with Crippen LogP contribution in [-0.4, -0.2) is 48.4 Å². The summed E-state index contributed by atoms with van der Waals surface area (Å²) in [5.74, 6) is 0.676. The number of hydrazone groups is 1. The summed E-state index contributed by atoms with van der Waals surface area (Å²) in [6.45, 7) is 3.22. The molecule has 3 aromatic carbocycles. The molecule has 3 rings (SSSR count). The van der Waals surface area contributed by atoms with Gasteiger partial charge in [0.05, 0.1) is 38.1 Å². The molecular formula is C26H29N3O6S. The van der Waals surface area contributed by atoms with Crippen molar-refractivity contribution in [3.63, 3.8) is 0 Å². The number of aryl methyl sites for hydroxylation is 2. The van der Waals surface area contributed by atoms with Crippen molar-refractivity contribution in [3.8, 4) is 17.2 Å². The van der Waals surface area contributed by atoms with Crippen LogP contribution in [0.15, 0.2) is 70.7 Å². The third-order valence-electron chi connectivity index (χ3n) is 5.22. The van der Waals surface area contributed by atoms with E-state index >= 15 is 0 Å². The van der Waals surface area contributed by atoms with Crippen LogP contribution in [0.5, 0.6) is 17.2 Å². The number of amides is 1. The van der Waals surface area contributed by atoms with E-state index in [1.165, 1.54) is 38.6 Å². The first-order chi connectivity index (χ1) is 17.2. The number of carbonyl (C=O) groups excluding carboxylic acids is 1. The molecule has 1 amide bonds. The van der Waals surface area contributed by atoms with E-state index in [0.29, 0.717) is 22.7 Å². The monoisotopic (exact) mass is 511 g/mol. The molecule has 3 aromatic rings. The lowest BCUT2D eigenvalue weighted by molar-refractivity contribution is -0.119. The van der Waals surface area contributed by atoms with Crippen molar-refractivity contribution < 1.29 is 27.4 Å². The van der Waals surface area contributed by atoms with Gasteiger partial charge in [0.25, 0.3) is 15.9 Å². The van der Waals surface area contributed by atoms with E-state index in [0.717, 1.165) is 15.4 Å². The van der Waals surface area contributed by atoms with Crippen molar-refractivity contribution in [2.45, 2.75) is 18.7 Å². The van der Waals surface area contributed by atoms with E-state index in [9.17, 15) is 13.2 Å². The first-order valence-corrected chi connectivity index (χ1v) is 12.4. The molecule has 0 bridgehead atoms. The van der Waals surface area contributed by atoms with Gasteiger partial charge in [-0.2, -0.15) is 5.10 Å². The first kappa shape index (κ1) is 26.6. The Morgan fingerprint density at radius 1 is 0.917 bits per heavy atom. The molecule has 0 fully saturated rings. The highest BCUT2D eigenvalue weighted by atomic mass is 32.2. The molecule has 0 heterocycles. The van der Waals surface area contributed by atoms with Crippen LogP contribution in [-0.2, 0) is 14.8 Å². The second-order valence-corrected chi connectivity index (χ2v) is 9.81. The number of sulfonamides is 1. The molecule has 0 unspecified atom stereocenters. The standard InChI is InChI=1S/C26H29N3O6S/c1-18-11-19(2)13-21(12-18)29(36(31,32)23-9-10-24(34-4)25(15-23)35-5)17-26(30)28-27-16-20-7-6-8-22(14-20)33-3/h6-16H,17H2,1-5H3,(H,28,30)/b27-16-. The third kappa shape index (κ3) is 6.33. The van der Waals surface area contributed by atoms with Gasteiger partial charge in [-0.05, 0) is 66.9 Å². The first-order valence-electron chi connectivity index (χ1n) is 11.0. The molecule has 190 valence electrons. The minimum atomic E-state index is -4.16. The number of anilines is 1. The fourth-order valence-electron chi connectivity index (χ4n) is 3.58. The number of carbonyl (C=O) groups is 1. The quantitative estimate of drug-likeness (QED) is 0.329. The number of rotatable bonds is 10. The molecule has 0 aliphatic heterocycles. The van der Waals surface area contributed by atoms with E-state index < -0.39 is 22.5 Å². The zero-order valence-electron chi connectivity index (χ0n) is 20.8. The SMILES string of the molecule is COc1cccc(/C=N\NC(=O)CN(c2cc(C)cc(C)c2)S(=O)(=O)c2ccc(OC)c(OC)c2)c1. The van der Waals surface area contributed by atoms with Gasteiger partial charge in [0.1, 0.15) is 12.3 Å². The summed E-state index contributed by atoms with van der Waals surface area (Å²) < 4.78 is 44.2. The Labute approximate surface area is 211 Å². The summed E-state index contributed by atoms with van der Waals surface area (Å²) >= 11 is 0.